The number of hydrogen-bond acceptors (Lipinski definition) is 2. The molecule has 0 amide bonds. The Morgan fingerprint density at radius 1 is 1.21 bits per heavy atom. The van der Waals surface area contributed by atoms with Gasteiger partial charge in [0.25, 0.3) is 0 Å². The molecular formula is C13H25N5S. The number of nitrogens with one attached hydrogen (secondary N) is 1. The summed E-state index contributed by atoms with van der Waals surface area (Å²) in [6.45, 7) is 14.1. The third kappa shape index (κ3) is 4.98. The van der Waals surface area contributed by atoms with Crippen molar-refractivity contribution >= 4 is 29.0 Å². The van der Waals surface area contributed by atoms with E-state index < -0.39 is 0 Å². The van der Waals surface area contributed by atoms with E-state index in [0.717, 1.165) is 0 Å². The van der Waals surface area contributed by atoms with E-state index in [9.17, 15) is 0 Å². The molecule has 0 aromatic carbocycles. The molecule has 0 aliphatic carbocycles. The highest BCUT2D eigenvalue weighted by atomic mass is 32.1. The Morgan fingerprint density at radius 3 is 2.05 bits per heavy atom. The first-order valence-electron chi connectivity index (χ1n) is 6.26. The molecule has 108 valence electrons. The highest BCUT2D eigenvalue weighted by Crippen LogP contribution is 2.25. The smallest absolute Gasteiger partial charge is 0.195 e. The monoisotopic (exact) mass is 283 g/mol. The van der Waals surface area contributed by atoms with E-state index in [1.807, 2.05) is 0 Å². The molecule has 0 aliphatic rings. The van der Waals surface area contributed by atoms with Crippen LogP contribution < -0.4 is 16.8 Å². The summed E-state index contributed by atoms with van der Waals surface area (Å²) in [6.07, 6.45) is 1.31. The molecule has 5 nitrogen and oxygen atoms in total. The molecule has 0 atom stereocenters. The maximum absolute atomic E-state index is 5.69. The quantitative estimate of drug-likeness (QED) is 0.417. The van der Waals surface area contributed by atoms with E-state index in [-0.39, 0.29) is 17.2 Å². The summed E-state index contributed by atoms with van der Waals surface area (Å²) in [5.41, 5.74) is 11.1. The zero-order valence-corrected chi connectivity index (χ0v) is 13.2. The lowest BCUT2D eigenvalue weighted by Gasteiger charge is -2.39. The van der Waals surface area contributed by atoms with Crippen molar-refractivity contribution in [3.05, 3.63) is 12.8 Å². The van der Waals surface area contributed by atoms with Crippen LogP contribution in [0.25, 0.3) is 0 Å². The number of rotatable bonds is 4. The molecule has 6 heteroatoms. The fraction of sp³-hybridized carbons (Fsp3) is 0.615. The van der Waals surface area contributed by atoms with Crippen molar-refractivity contribution in [2.75, 3.05) is 0 Å². The van der Waals surface area contributed by atoms with Crippen LogP contribution in [0.15, 0.2) is 22.8 Å². The van der Waals surface area contributed by atoms with E-state index in [1.54, 1.807) is 0 Å². The fourth-order valence-electron chi connectivity index (χ4n) is 1.54. The Labute approximate surface area is 121 Å². The lowest BCUT2D eigenvalue weighted by atomic mass is 9.79. The van der Waals surface area contributed by atoms with Crippen LogP contribution in [0, 0.1) is 11.8 Å². The minimum Gasteiger partial charge on any atom is -0.381 e. The van der Waals surface area contributed by atoms with Gasteiger partial charge in [-0.25, -0.2) is 4.99 Å². The second kappa shape index (κ2) is 7.23. The van der Waals surface area contributed by atoms with Crippen molar-refractivity contribution in [3.63, 3.8) is 0 Å². The molecule has 0 unspecified atom stereocenters. The third-order valence-corrected chi connectivity index (χ3v) is 3.68. The number of thiocarbonyl (C=S) groups is 1. The maximum atomic E-state index is 5.69. The van der Waals surface area contributed by atoms with Crippen LogP contribution in [0.1, 0.15) is 34.6 Å². The van der Waals surface area contributed by atoms with Crippen LogP contribution in [0.2, 0.25) is 0 Å². The van der Waals surface area contributed by atoms with E-state index in [1.165, 1.54) is 6.20 Å². The van der Waals surface area contributed by atoms with E-state index >= 15 is 0 Å². The molecule has 0 spiro atoms. The summed E-state index contributed by atoms with van der Waals surface area (Å²) in [5, 5.41) is 3.56. The summed E-state index contributed by atoms with van der Waals surface area (Å²) < 4.78 is 0. The van der Waals surface area contributed by atoms with Crippen LogP contribution in [0.4, 0.5) is 0 Å². The molecule has 0 fully saturated rings. The first kappa shape index (κ1) is 17.6. The van der Waals surface area contributed by atoms with Crippen LogP contribution in [-0.4, -0.2) is 22.3 Å². The predicted octanol–water partition coefficient (Wildman–Crippen LogP) is 1.79. The van der Waals surface area contributed by atoms with Crippen LogP contribution >= 0.6 is 12.2 Å². The second-order valence-electron chi connectivity index (χ2n) is 5.22. The zero-order valence-electron chi connectivity index (χ0n) is 12.4. The molecule has 0 radical (unpaired) electrons. The van der Waals surface area contributed by atoms with Crippen LogP contribution in [0.5, 0.6) is 0 Å². The highest BCUT2D eigenvalue weighted by molar-refractivity contribution is 7.80. The van der Waals surface area contributed by atoms with Gasteiger partial charge in [0.15, 0.2) is 16.8 Å². The summed E-state index contributed by atoms with van der Waals surface area (Å²) in [4.78, 5) is 7.82. The number of aliphatic imine (C=N–C) groups is 2. The Kier molecular flexibility index (Phi) is 6.69. The number of nitrogens with zero attached hydrogens (tertiary/aromatic N) is 2. The largest absolute Gasteiger partial charge is 0.381 e. The van der Waals surface area contributed by atoms with Gasteiger partial charge >= 0.3 is 0 Å². The lowest BCUT2D eigenvalue weighted by Crippen LogP contribution is -2.53. The molecule has 0 heterocycles. The molecule has 0 saturated carbocycles. The van der Waals surface area contributed by atoms with Crippen molar-refractivity contribution in [2.24, 2.45) is 33.3 Å². The zero-order chi connectivity index (χ0) is 15.2. The SMILES string of the molecule is C=CN=C(N)C(N)=NC(=S)NC(C)(C(C)C)C(C)C. The average molecular weight is 283 g/mol. The first-order valence-corrected chi connectivity index (χ1v) is 6.66. The van der Waals surface area contributed by atoms with Crippen LogP contribution in [-0.2, 0) is 0 Å². The lowest BCUT2D eigenvalue weighted by molar-refractivity contribution is 0.220. The molecule has 5 N–H and O–H groups in total. The summed E-state index contributed by atoms with van der Waals surface area (Å²) in [6, 6.07) is 0. The van der Waals surface area contributed by atoms with Gasteiger partial charge in [0.05, 0.1) is 0 Å². The van der Waals surface area contributed by atoms with Gasteiger partial charge in [0.2, 0.25) is 0 Å². The normalized spacial score (nSPS) is 13.8. The van der Waals surface area contributed by atoms with Gasteiger partial charge in [-0.1, -0.05) is 34.3 Å². The van der Waals surface area contributed by atoms with Crippen molar-refractivity contribution in [3.8, 4) is 0 Å². The van der Waals surface area contributed by atoms with Gasteiger partial charge in [-0.2, -0.15) is 4.99 Å². The highest BCUT2D eigenvalue weighted by Gasteiger charge is 2.32. The first-order chi connectivity index (χ1) is 8.65. The minimum absolute atomic E-state index is 0.0901. The Bertz CT molecular complexity index is 388. The minimum atomic E-state index is -0.162. The average Bonchev–Trinajstić information content (AvgIpc) is 2.28. The predicted molar refractivity (Wildman–Crippen MR) is 87.3 cm³/mol. The van der Waals surface area contributed by atoms with Gasteiger partial charge in [-0.3, -0.25) is 0 Å². The maximum Gasteiger partial charge on any atom is 0.195 e. The number of nitrogens with two attached hydrogens (primary N) is 2. The van der Waals surface area contributed by atoms with Crippen molar-refractivity contribution in [2.45, 2.75) is 40.2 Å². The standard InChI is InChI=1S/C13H25N5S/c1-7-16-10(14)11(15)17-12(19)18-13(6,8(2)3)9(4)5/h7-9H,1H2,2-6H3,(H2,14,16)(H3,15,17,18,19). The van der Waals surface area contributed by atoms with E-state index in [4.69, 9.17) is 23.7 Å². The van der Waals surface area contributed by atoms with Gasteiger partial charge in [-0.15, -0.1) is 0 Å². The molecule has 0 bridgehead atoms. The third-order valence-electron chi connectivity index (χ3n) is 3.49. The molecule has 0 aliphatic heterocycles. The van der Waals surface area contributed by atoms with Crippen molar-refractivity contribution in [1.82, 2.24) is 5.32 Å². The Hall–Kier alpha value is -1.43. The fourth-order valence-corrected chi connectivity index (χ4v) is 1.86. The Morgan fingerprint density at radius 2 is 1.68 bits per heavy atom. The Balaban J connectivity index is 5.01. The molecule has 19 heavy (non-hydrogen) atoms. The van der Waals surface area contributed by atoms with Gasteiger partial charge in [0, 0.05) is 11.7 Å². The number of amidine groups is 2. The molecule has 0 saturated heterocycles. The molecular weight excluding hydrogens is 258 g/mol. The van der Waals surface area contributed by atoms with E-state index in [2.05, 4.69) is 56.5 Å². The second-order valence-corrected chi connectivity index (χ2v) is 5.60. The molecule has 0 aromatic rings. The van der Waals surface area contributed by atoms with Crippen molar-refractivity contribution in [1.29, 1.82) is 0 Å². The summed E-state index contributed by atoms with van der Waals surface area (Å²) in [5.74, 6) is 0.976. The summed E-state index contributed by atoms with van der Waals surface area (Å²) >= 11 is 5.21. The molecule has 0 rings (SSSR count). The van der Waals surface area contributed by atoms with Crippen LogP contribution in [0.3, 0.4) is 0 Å². The molecule has 0 aromatic heterocycles. The van der Waals surface area contributed by atoms with Gasteiger partial charge in [-0.05, 0) is 31.0 Å². The van der Waals surface area contributed by atoms with Crippen molar-refractivity contribution < 1.29 is 0 Å². The topological polar surface area (TPSA) is 88.8 Å². The summed E-state index contributed by atoms with van der Waals surface area (Å²) in [7, 11) is 0. The van der Waals surface area contributed by atoms with E-state index in [0.29, 0.717) is 16.9 Å². The van der Waals surface area contributed by atoms with Gasteiger partial charge < -0.3 is 16.8 Å². The van der Waals surface area contributed by atoms with Gasteiger partial charge in [0.1, 0.15) is 0 Å². The number of hydrogen-bond donors (Lipinski definition) is 3.